The van der Waals surface area contributed by atoms with E-state index in [2.05, 4.69) is 5.32 Å². The zero-order chi connectivity index (χ0) is 22.4. The SMILES string of the molecule is COc1ccc(S(=O)(=O)N(CC(=O)NC(C)c2ccc(C)cc2)c2ccccc2)cc1. The average molecular weight is 439 g/mol. The van der Waals surface area contributed by atoms with Crippen molar-refractivity contribution in [2.24, 2.45) is 0 Å². The van der Waals surface area contributed by atoms with E-state index in [9.17, 15) is 13.2 Å². The predicted octanol–water partition coefficient (Wildman–Crippen LogP) is 4.08. The number of anilines is 1. The molecule has 7 heteroatoms. The van der Waals surface area contributed by atoms with Crippen LogP contribution in [0, 0.1) is 6.92 Å². The van der Waals surface area contributed by atoms with E-state index in [1.54, 1.807) is 42.5 Å². The minimum Gasteiger partial charge on any atom is -0.497 e. The van der Waals surface area contributed by atoms with Gasteiger partial charge in [0.1, 0.15) is 12.3 Å². The van der Waals surface area contributed by atoms with Crippen LogP contribution < -0.4 is 14.4 Å². The normalized spacial score (nSPS) is 12.1. The molecule has 0 aromatic heterocycles. The number of para-hydroxylation sites is 1. The van der Waals surface area contributed by atoms with Crippen LogP contribution in [0.5, 0.6) is 5.75 Å². The van der Waals surface area contributed by atoms with E-state index in [4.69, 9.17) is 4.74 Å². The summed E-state index contributed by atoms with van der Waals surface area (Å²) in [6.45, 7) is 3.52. The molecule has 1 unspecified atom stereocenters. The van der Waals surface area contributed by atoms with Crippen molar-refractivity contribution in [1.29, 1.82) is 0 Å². The van der Waals surface area contributed by atoms with E-state index in [1.807, 2.05) is 38.1 Å². The fraction of sp³-hybridized carbons (Fsp3) is 0.208. The molecule has 6 nitrogen and oxygen atoms in total. The van der Waals surface area contributed by atoms with Crippen LogP contribution in [0.25, 0.3) is 0 Å². The van der Waals surface area contributed by atoms with Gasteiger partial charge in [-0.2, -0.15) is 0 Å². The summed E-state index contributed by atoms with van der Waals surface area (Å²) in [6.07, 6.45) is 0. The molecule has 3 rings (SSSR count). The molecule has 1 atom stereocenters. The Morgan fingerprint density at radius 2 is 1.58 bits per heavy atom. The molecule has 1 amide bonds. The maximum absolute atomic E-state index is 13.4. The van der Waals surface area contributed by atoms with Crippen LogP contribution in [0.2, 0.25) is 0 Å². The zero-order valence-electron chi connectivity index (χ0n) is 17.8. The maximum atomic E-state index is 13.4. The van der Waals surface area contributed by atoms with E-state index in [0.29, 0.717) is 11.4 Å². The molecule has 0 saturated carbocycles. The van der Waals surface area contributed by atoms with Crippen LogP contribution >= 0.6 is 0 Å². The molecule has 0 heterocycles. The molecule has 0 fully saturated rings. The summed E-state index contributed by atoms with van der Waals surface area (Å²) in [5, 5.41) is 2.89. The molecule has 0 saturated heterocycles. The summed E-state index contributed by atoms with van der Waals surface area (Å²) in [4.78, 5) is 12.9. The lowest BCUT2D eigenvalue weighted by Crippen LogP contribution is -2.41. The van der Waals surface area contributed by atoms with Crippen molar-refractivity contribution in [3.63, 3.8) is 0 Å². The smallest absolute Gasteiger partial charge is 0.264 e. The Labute approximate surface area is 183 Å². The lowest BCUT2D eigenvalue weighted by atomic mass is 10.1. The summed E-state index contributed by atoms with van der Waals surface area (Å²) in [6, 6.07) is 22.3. The molecular weight excluding hydrogens is 412 g/mol. The summed E-state index contributed by atoms with van der Waals surface area (Å²) in [7, 11) is -2.45. The second kappa shape index (κ2) is 9.66. The van der Waals surface area contributed by atoms with Gasteiger partial charge in [-0.25, -0.2) is 8.42 Å². The third kappa shape index (κ3) is 5.44. The number of carbonyl (C=O) groups excluding carboxylic acids is 1. The lowest BCUT2D eigenvalue weighted by Gasteiger charge is -2.25. The molecule has 0 aliphatic rings. The molecule has 0 aliphatic heterocycles. The quantitative estimate of drug-likeness (QED) is 0.575. The Hall–Kier alpha value is -3.32. The number of aryl methyl sites for hydroxylation is 1. The number of hydrogen-bond acceptors (Lipinski definition) is 4. The number of carbonyl (C=O) groups is 1. The molecule has 3 aromatic carbocycles. The van der Waals surface area contributed by atoms with E-state index in [-0.39, 0.29) is 17.5 Å². The van der Waals surface area contributed by atoms with Gasteiger partial charge < -0.3 is 10.1 Å². The number of ether oxygens (including phenoxy) is 1. The van der Waals surface area contributed by atoms with Crippen LogP contribution in [0.15, 0.2) is 83.8 Å². The Kier molecular flexibility index (Phi) is 6.97. The van der Waals surface area contributed by atoms with Crippen molar-refractivity contribution in [1.82, 2.24) is 5.32 Å². The van der Waals surface area contributed by atoms with E-state index in [0.717, 1.165) is 15.4 Å². The number of nitrogens with one attached hydrogen (secondary N) is 1. The Morgan fingerprint density at radius 3 is 2.16 bits per heavy atom. The first-order chi connectivity index (χ1) is 14.8. The second-order valence-electron chi connectivity index (χ2n) is 7.22. The number of rotatable bonds is 8. The average Bonchev–Trinajstić information content (AvgIpc) is 2.78. The Morgan fingerprint density at radius 1 is 0.968 bits per heavy atom. The van der Waals surface area contributed by atoms with Crippen LogP contribution in [0.3, 0.4) is 0 Å². The minimum absolute atomic E-state index is 0.0801. The van der Waals surface area contributed by atoms with Gasteiger partial charge in [-0.3, -0.25) is 9.10 Å². The predicted molar refractivity (Wildman–Crippen MR) is 122 cm³/mol. The molecular formula is C24H26N2O4S. The Balaban J connectivity index is 1.85. The Bertz CT molecular complexity index is 1110. The van der Waals surface area contributed by atoms with Crippen LogP contribution in [0.1, 0.15) is 24.1 Å². The molecule has 31 heavy (non-hydrogen) atoms. The first-order valence-electron chi connectivity index (χ1n) is 9.89. The third-order valence-corrected chi connectivity index (χ3v) is 6.72. The summed E-state index contributed by atoms with van der Waals surface area (Å²) >= 11 is 0. The highest BCUT2D eigenvalue weighted by Gasteiger charge is 2.27. The van der Waals surface area contributed by atoms with Gasteiger partial charge in [-0.15, -0.1) is 0 Å². The number of amides is 1. The van der Waals surface area contributed by atoms with Crippen molar-refractivity contribution in [2.75, 3.05) is 18.0 Å². The minimum atomic E-state index is -3.96. The van der Waals surface area contributed by atoms with E-state index >= 15 is 0 Å². The highest BCUT2D eigenvalue weighted by atomic mass is 32.2. The van der Waals surface area contributed by atoms with Gasteiger partial charge in [0.25, 0.3) is 10.0 Å². The van der Waals surface area contributed by atoms with Crippen molar-refractivity contribution in [3.8, 4) is 5.75 Å². The maximum Gasteiger partial charge on any atom is 0.264 e. The van der Waals surface area contributed by atoms with Crippen LogP contribution in [-0.2, 0) is 14.8 Å². The summed E-state index contributed by atoms with van der Waals surface area (Å²) in [5.41, 5.74) is 2.49. The number of nitrogens with zero attached hydrogens (tertiary/aromatic N) is 1. The first kappa shape index (κ1) is 22.4. The second-order valence-corrected chi connectivity index (χ2v) is 9.08. The van der Waals surface area contributed by atoms with Gasteiger partial charge in [0, 0.05) is 0 Å². The molecule has 3 aromatic rings. The van der Waals surface area contributed by atoms with Crippen molar-refractivity contribution in [2.45, 2.75) is 24.8 Å². The van der Waals surface area contributed by atoms with Gasteiger partial charge in [0.2, 0.25) is 5.91 Å². The number of benzene rings is 3. The summed E-state index contributed by atoms with van der Waals surface area (Å²) < 4.78 is 33.0. The number of hydrogen-bond donors (Lipinski definition) is 1. The van der Waals surface area contributed by atoms with Crippen molar-refractivity contribution >= 4 is 21.6 Å². The zero-order valence-corrected chi connectivity index (χ0v) is 18.6. The standard InChI is InChI=1S/C24H26N2O4S/c1-18-9-11-20(12-10-18)19(2)25-24(27)17-26(21-7-5-4-6-8-21)31(28,29)23-15-13-22(30-3)14-16-23/h4-16,19H,17H2,1-3H3,(H,25,27). The first-order valence-corrected chi connectivity index (χ1v) is 11.3. The lowest BCUT2D eigenvalue weighted by molar-refractivity contribution is -0.120. The third-order valence-electron chi connectivity index (χ3n) is 4.93. The molecule has 162 valence electrons. The fourth-order valence-electron chi connectivity index (χ4n) is 3.14. The van der Waals surface area contributed by atoms with E-state index in [1.165, 1.54) is 19.2 Å². The van der Waals surface area contributed by atoms with Gasteiger partial charge in [-0.1, -0.05) is 48.0 Å². The van der Waals surface area contributed by atoms with Gasteiger partial charge >= 0.3 is 0 Å². The van der Waals surface area contributed by atoms with Crippen molar-refractivity contribution < 1.29 is 17.9 Å². The molecule has 0 aliphatic carbocycles. The largest absolute Gasteiger partial charge is 0.497 e. The number of methoxy groups -OCH3 is 1. The molecule has 0 bridgehead atoms. The number of sulfonamides is 1. The highest BCUT2D eigenvalue weighted by Crippen LogP contribution is 2.25. The molecule has 1 N–H and O–H groups in total. The van der Waals surface area contributed by atoms with Gasteiger partial charge in [0.05, 0.1) is 23.7 Å². The monoisotopic (exact) mass is 438 g/mol. The van der Waals surface area contributed by atoms with E-state index < -0.39 is 15.9 Å². The van der Waals surface area contributed by atoms with Gasteiger partial charge in [-0.05, 0) is 55.8 Å². The molecule has 0 radical (unpaired) electrons. The van der Waals surface area contributed by atoms with Crippen molar-refractivity contribution in [3.05, 3.63) is 90.0 Å². The topological polar surface area (TPSA) is 75.7 Å². The summed E-state index contributed by atoms with van der Waals surface area (Å²) in [5.74, 6) is 0.156. The van der Waals surface area contributed by atoms with Crippen LogP contribution in [-0.4, -0.2) is 28.0 Å². The highest BCUT2D eigenvalue weighted by molar-refractivity contribution is 7.92. The fourth-order valence-corrected chi connectivity index (χ4v) is 4.56. The molecule has 0 spiro atoms. The van der Waals surface area contributed by atoms with Crippen LogP contribution in [0.4, 0.5) is 5.69 Å². The van der Waals surface area contributed by atoms with Gasteiger partial charge in [0.15, 0.2) is 0 Å².